The van der Waals surface area contributed by atoms with E-state index in [1.54, 1.807) is 6.08 Å². The normalized spacial score (nSPS) is 16.6. The number of para-hydroxylation sites is 1. The van der Waals surface area contributed by atoms with Gasteiger partial charge in [-0.2, -0.15) is 0 Å². The van der Waals surface area contributed by atoms with E-state index in [0.717, 1.165) is 23.7 Å². The zero-order chi connectivity index (χ0) is 15.9. The largest absolute Gasteiger partial charge is 0.493 e. The maximum absolute atomic E-state index is 12.3. The van der Waals surface area contributed by atoms with Gasteiger partial charge >= 0.3 is 0 Å². The lowest BCUT2D eigenvalue weighted by atomic mass is 10.2. The van der Waals surface area contributed by atoms with Crippen molar-refractivity contribution in [3.8, 4) is 5.75 Å². The SMILES string of the molecule is CCCOc1ccccc1/C=C1/SC(=O)N(CCOC)C1=O. The fourth-order valence-electron chi connectivity index (χ4n) is 1.96. The lowest BCUT2D eigenvalue weighted by Crippen LogP contribution is -2.31. The summed E-state index contributed by atoms with van der Waals surface area (Å²) in [5.41, 5.74) is 0.799. The molecule has 0 atom stereocenters. The van der Waals surface area contributed by atoms with Crippen molar-refractivity contribution >= 4 is 29.0 Å². The summed E-state index contributed by atoms with van der Waals surface area (Å²) in [5, 5.41) is -0.264. The molecule has 0 aromatic heterocycles. The zero-order valence-electron chi connectivity index (χ0n) is 12.7. The minimum absolute atomic E-state index is 0.264. The highest BCUT2D eigenvalue weighted by Crippen LogP contribution is 2.33. The van der Waals surface area contributed by atoms with Gasteiger partial charge in [-0.3, -0.25) is 14.5 Å². The summed E-state index contributed by atoms with van der Waals surface area (Å²) >= 11 is 0.947. The Balaban J connectivity index is 2.19. The fourth-order valence-corrected chi connectivity index (χ4v) is 2.82. The Bertz CT molecular complexity index is 585. The topological polar surface area (TPSA) is 55.8 Å². The molecule has 2 amide bonds. The van der Waals surface area contributed by atoms with Gasteiger partial charge in [0.05, 0.1) is 24.7 Å². The van der Waals surface area contributed by atoms with Crippen molar-refractivity contribution in [3.05, 3.63) is 34.7 Å². The van der Waals surface area contributed by atoms with Crippen molar-refractivity contribution in [1.29, 1.82) is 0 Å². The monoisotopic (exact) mass is 321 g/mol. The fraction of sp³-hybridized carbons (Fsp3) is 0.375. The van der Waals surface area contributed by atoms with Crippen LogP contribution in [-0.4, -0.2) is 42.9 Å². The smallest absolute Gasteiger partial charge is 0.293 e. The number of carbonyl (C=O) groups is 2. The van der Waals surface area contributed by atoms with E-state index in [1.165, 1.54) is 12.0 Å². The minimum Gasteiger partial charge on any atom is -0.493 e. The Morgan fingerprint density at radius 3 is 2.73 bits per heavy atom. The molecule has 0 unspecified atom stereocenters. The molecule has 1 aliphatic heterocycles. The Labute approximate surface area is 134 Å². The molecular formula is C16H19NO4S. The van der Waals surface area contributed by atoms with Crippen LogP contribution in [0.15, 0.2) is 29.2 Å². The van der Waals surface area contributed by atoms with E-state index in [0.29, 0.717) is 23.9 Å². The van der Waals surface area contributed by atoms with Crippen molar-refractivity contribution in [3.63, 3.8) is 0 Å². The van der Waals surface area contributed by atoms with Crippen molar-refractivity contribution in [2.75, 3.05) is 26.9 Å². The predicted octanol–water partition coefficient (Wildman–Crippen LogP) is 3.16. The average Bonchev–Trinajstić information content (AvgIpc) is 2.78. The second kappa shape index (κ2) is 8.00. The third-order valence-electron chi connectivity index (χ3n) is 3.06. The zero-order valence-corrected chi connectivity index (χ0v) is 13.5. The minimum atomic E-state index is -0.280. The third-order valence-corrected chi connectivity index (χ3v) is 3.97. The van der Waals surface area contributed by atoms with E-state index in [9.17, 15) is 9.59 Å². The summed E-state index contributed by atoms with van der Waals surface area (Å²) in [6.07, 6.45) is 2.62. The van der Waals surface area contributed by atoms with Gasteiger partial charge in [0.15, 0.2) is 0 Å². The first-order valence-corrected chi connectivity index (χ1v) is 7.95. The summed E-state index contributed by atoms with van der Waals surface area (Å²) in [6, 6.07) is 7.48. The van der Waals surface area contributed by atoms with E-state index in [1.807, 2.05) is 31.2 Å². The molecule has 0 radical (unpaired) electrons. The summed E-state index contributed by atoms with van der Waals surface area (Å²) in [6.45, 7) is 3.25. The molecule has 1 aromatic rings. The van der Waals surface area contributed by atoms with Crippen LogP contribution in [0.25, 0.3) is 6.08 Å². The number of rotatable bonds is 7. The highest BCUT2D eigenvalue weighted by Gasteiger charge is 2.34. The Kier molecular flexibility index (Phi) is 6.03. The number of hydrogen-bond acceptors (Lipinski definition) is 5. The van der Waals surface area contributed by atoms with Gasteiger partial charge in [-0.25, -0.2) is 0 Å². The molecule has 22 heavy (non-hydrogen) atoms. The third kappa shape index (κ3) is 3.90. The Morgan fingerprint density at radius 2 is 2.00 bits per heavy atom. The summed E-state index contributed by atoms with van der Waals surface area (Å²) in [5.74, 6) is 0.436. The van der Waals surface area contributed by atoms with Crippen LogP contribution in [0.3, 0.4) is 0 Å². The molecule has 1 fully saturated rings. The van der Waals surface area contributed by atoms with E-state index in [-0.39, 0.29) is 17.7 Å². The van der Waals surface area contributed by atoms with E-state index >= 15 is 0 Å². The van der Waals surface area contributed by atoms with Gasteiger partial charge in [0.25, 0.3) is 11.1 Å². The van der Waals surface area contributed by atoms with Crippen molar-refractivity contribution in [2.45, 2.75) is 13.3 Å². The van der Waals surface area contributed by atoms with Crippen molar-refractivity contribution in [2.24, 2.45) is 0 Å². The van der Waals surface area contributed by atoms with E-state index in [4.69, 9.17) is 9.47 Å². The molecule has 0 spiro atoms. The number of ether oxygens (including phenoxy) is 2. The summed E-state index contributed by atoms with van der Waals surface area (Å²) in [4.78, 5) is 25.8. The van der Waals surface area contributed by atoms with Crippen molar-refractivity contribution in [1.82, 2.24) is 4.90 Å². The van der Waals surface area contributed by atoms with Crippen LogP contribution in [-0.2, 0) is 9.53 Å². The van der Waals surface area contributed by atoms with E-state index in [2.05, 4.69) is 0 Å². The van der Waals surface area contributed by atoms with Gasteiger partial charge in [-0.15, -0.1) is 0 Å². The molecule has 6 heteroatoms. The maximum Gasteiger partial charge on any atom is 0.293 e. The number of thioether (sulfide) groups is 1. The number of carbonyl (C=O) groups excluding carboxylic acids is 2. The van der Waals surface area contributed by atoms with Gasteiger partial charge in [0.1, 0.15) is 5.75 Å². The number of benzene rings is 1. The molecule has 5 nitrogen and oxygen atoms in total. The molecule has 1 aliphatic rings. The molecule has 0 saturated carbocycles. The molecule has 0 aliphatic carbocycles. The summed E-state index contributed by atoms with van der Waals surface area (Å²) in [7, 11) is 1.54. The number of amides is 2. The summed E-state index contributed by atoms with van der Waals surface area (Å²) < 4.78 is 10.6. The van der Waals surface area contributed by atoms with Gasteiger partial charge in [0.2, 0.25) is 0 Å². The number of methoxy groups -OCH3 is 1. The van der Waals surface area contributed by atoms with Gasteiger partial charge < -0.3 is 9.47 Å². The average molecular weight is 321 g/mol. The van der Waals surface area contributed by atoms with Crippen LogP contribution in [0.5, 0.6) is 5.75 Å². The van der Waals surface area contributed by atoms with Crippen LogP contribution < -0.4 is 4.74 Å². The first kappa shape index (κ1) is 16.6. The lowest BCUT2D eigenvalue weighted by molar-refractivity contribution is -0.123. The van der Waals surface area contributed by atoms with E-state index < -0.39 is 0 Å². The van der Waals surface area contributed by atoms with Gasteiger partial charge in [-0.05, 0) is 30.3 Å². The molecule has 1 aromatic carbocycles. The first-order valence-electron chi connectivity index (χ1n) is 7.13. The van der Waals surface area contributed by atoms with Gasteiger partial charge in [0, 0.05) is 12.7 Å². The Hall–Kier alpha value is -1.79. The van der Waals surface area contributed by atoms with Gasteiger partial charge in [-0.1, -0.05) is 25.1 Å². The lowest BCUT2D eigenvalue weighted by Gasteiger charge is -2.11. The van der Waals surface area contributed by atoms with Crippen LogP contribution in [0, 0.1) is 0 Å². The number of imide groups is 1. The molecule has 0 bridgehead atoms. The number of nitrogens with zero attached hydrogens (tertiary/aromatic N) is 1. The standard InChI is InChI=1S/C16H19NO4S/c1-3-9-21-13-7-5-4-6-12(13)11-14-15(18)17(8-10-20-2)16(19)22-14/h4-7,11H,3,8-10H2,1-2H3/b14-11+. The maximum atomic E-state index is 12.3. The highest BCUT2D eigenvalue weighted by molar-refractivity contribution is 8.18. The molecule has 0 N–H and O–H groups in total. The molecular weight excluding hydrogens is 302 g/mol. The van der Waals surface area contributed by atoms with Crippen molar-refractivity contribution < 1.29 is 19.1 Å². The van der Waals surface area contributed by atoms with Crippen LogP contribution in [0.2, 0.25) is 0 Å². The second-order valence-corrected chi connectivity index (χ2v) is 5.71. The molecule has 1 saturated heterocycles. The second-order valence-electron chi connectivity index (χ2n) is 4.71. The molecule has 1 heterocycles. The predicted molar refractivity (Wildman–Crippen MR) is 86.8 cm³/mol. The molecule has 118 valence electrons. The first-order chi connectivity index (χ1) is 10.7. The highest BCUT2D eigenvalue weighted by atomic mass is 32.2. The number of hydrogen-bond donors (Lipinski definition) is 0. The van der Waals surface area contributed by atoms with Crippen LogP contribution in [0.4, 0.5) is 4.79 Å². The quantitative estimate of drug-likeness (QED) is 0.722. The molecule has 2 rings (SSSR count). The van der Waals surface area contributed by atoms with Crippen LogP contribution in [0.1, 0.15) is 18.9 Å². The Morgan fingerprint density at radius 1 is 1.23 bits per heavy atom. The van der Waals surface area contributed by atoms with Crippen LogP contribution >= 0.6 is 11.8 Å².